The Kier molecular flexibility index (Phi) is 6.57. The second-order valence-corrected chi connectivity index (χ2v) is 6.02. The van der Waals surface area contributed by atoms with Crippen molar-refractivity contribution >= 4 is 11.9 Å². The molecule has 0 spiro atoms. The summed E-state index contributed by atoms with van der Waals surface area (Å²) in [5, 5.41) is 12.2. The van der Waals surface area contributed by atoms with E-state index in [-0.39, 0.29) is 18.9 Å². The molecule has 2 aromatic carbocycles. The van der Waals surface area contributed by atoms with Gasteiger partial charge in [0.1, 0.15) is 5.75 Å². The summed E-state index contributed by atoms with van der Waals surface area (Å²) < 4.78 is 5.26. The molecule has 1 atom stereocenters. The third-order valence-corrected chi connectivity index (χ3v) is 4.04. The minimum atomic E-state index is -0.943. The summed E-state index contributed by atoms with van der Waals surface area (Å²) in [7, 11) is 1.55. The van der Waals surface area contributed by atoms with Crippen molar-refractivity contribution in [1.29, 1.82) is 0 Å². The zero-order valence-electron chi connectivity index (χ0n) is 14.5. The van der Waals surface area contributed by atoms with E-state index in [0.717, 1.165) is 16.7 Å². The molecular formula is C20H23NO4. The van der Waals surface area contributed by atoms with Crippen LogP contribution in [0.2, 0.25) is 0 Å². The van der Waals surface area contributed by atoms with Crippen LogP contribution in [-0.4, -0.2) is 30.6 Å². The summed E-state index contributed by atoms with van der Waals surface area (Å²) in [6.45, 7) is 2.07. The van der Waals surface area contributed by atoms with Gasteiger partial charge in [-0.25, -0.2) is 0 Å². The Hall–Kier alpha value is -2.82. The number of hydrogen-bond donors (Lipinski definition) is 2. The molecule has 0 heterocycles. The van der Waals surface area contributed by atoms with Gasteiger partial charge < -0.3 is 15.2 Å². The molecule has 2 aromatic rings. The number of carboxylic acids is 1. The van der Waals surface area contributed by atoms with Gasteiger partial charge in [0.05, 0.1) is 19.4 Å². The van der Waals surface area contributed by atoms with E-state index < -0.39 is 11.9 Å². The molecule has 2 N–H and O–H groups in total. The average molecular weight is 341 g/mol. The highest BCUT2D eigenvalue weighted by Crippen LogP contribution is 2.21. The van der Waals surface area contributed by atoms with E-state index in [4.69, 9.17) is 4.74 Å². The molecule has 5 nitrogen and oxygen atoms in total. The Labute approximate surface area is 147 Å². The van der Waals surface area contributed by atoms with Crippen LogP contribution >= 0.6 is 0 Å². The number of nitrogens with one attached hydrogen (secondary N) is 1. The molecule has 0 fully saturated rings. The first-order valence-corrected chi connectivity index (χ1v) is 8.16. The number of ether oxygens (including phenoxy) is 1. The Balaban J connectivity index is 1.94. The monoisotopic (exact) mass is 341 g/mol. The van der Waals surface area contributed by atoms with Gasteiger partial charge in [-0.2, -0.15) is 0 Å². The number of carbonyl (C=O) groups is 2. The molecule has 0 aliphatic carbocycles. The quantitative estimate of drug-likeness (QED) is 0.774. The number of aliphatic carboxylic acids is 1. The number of rotatable bonds is 8. The fraction of sp³-hybridized carbons (Fsp3) is 0.300. The van der Waals surface area contributed by atoms with Gasteiger partial charge in [-0.15, -0.1) is 0 Å². The van der Waals surface area contributed by atoms with Gasteiger partial charge in [-0.05, 0) is 30.5 Å². The Morgan fingerprint density at radius 3 is 2.44 bits per heavy atom. The van der Waals surface area contributed by atoms with Crippen molar-refractivity contribution in [1.82, 2.24) is 5.32 Å². The van der Waals surface area contributed by atoms with Crippen molar-refractivity contribution in [3.63, 3.8) is 0 Å². The van der Waals surface area contributed by atoms with Crippen molar-refractivity contribution in [2.45, 2.75) is 19.8 Å². The van der Waals surface area contributed by atoms with Crippen molar-refractivity contribution in [2.24, 2.45) is 5.92 Å². The minimum absolute atomic E-state index is 0.0814. The highest BCUT2D eigenvalue weighted by molar-refractivity contribution is 5.79. The smallest absolute Gasteiger partial charge is 0.308 e. The van der Waals surface area contributed by atoms with Gasteiger partial charge >= 0.3 is 5.97 Å². The first-order chi connectivity index (χ1) is 12.0. The van der Waals surface area contributed by atoms with Gasteiger partial charge in [0.15, 0.2) is 0 Å². The topological polar surface area (TPSA) is 75.6 Å². The van der Waals surface area contributed by atoms with Crippen LogP contribution in [0.5, 0.6) is 5.75 Å². The molecule has 0 radical (unpaired) electrons. The lowest BCUT2D eigenvalue weighted by molar-refractivity contribution is -0.141. The lowest BCUT2D eigenvalue weighted by Gasteiger charge is -2.15. The molecule has 5 heteroatoms. The van der Waals surface area contributed by atoms with Gasteiger partial charge in [-0.1, -0.05) is 48.0 Å². The number of hydrogen-bond acceptors (Lipinski definition) is 3. The van der Waals surface area contributed by atoms with Crippen LogP contribution in [0.25, 0.3) is 0 Å². The van der Waals surface area contributed by atoms with Gasteiger partial charge in [0.25, 0.3) is 0 Å². The van der Waals surface area contributed by atoms with E-state index in [1.54, 1.807) is 13.2 Å². The number of para-hydroxylation sites is 1. The molecule has 132 valence electrons. The number of carboxylic acid groups (broad SMARTS) is 1. The van der Waals surface area contributed by atoms with Crippen LogP contribution in [0.4, 0.5) is 0 Å². The molecule has 0 aromatic heterocycles. The zero-order chi connectivity index (χ0) is 18.2. The summed E-state index contributed by atoms with van der Waals surface area (Å²) in [6, 6.07) is 15.0. The number of amides is 1. The van der Waals surface area contributed by atoms with Gasteiger partial charge in [0, 0.05) is 6.54 Å². The fourth-order valence-electron chi connectivity index (χ4n) is 2.57. The predicted octanol–water partition coefficient (Wildman–Crippen LogP) is 2.61. The van der Waals surface area contributed by atoms with Crippen LogP contribution in [0, 0.1) is 12.8 Å². The largest absolute Gasteiger partial charge is 0.496 e. The SMILES string of the molecule is COc1ccccc1CC(CNC(=O)Cc1ccc(C)cc1)C(=O)O. The fourth-order valence-corrected chi connectivity index (χ4v) is 2.57. The Bertz CT molecular complexity index is 725. The molecule has 0 bridgehead atoms. The number of benzene rings is 2. The second kappa shape index (κ2) is 8.87. The third-order valence-electron chi connectivity index (χ3n) is 4.04. The summed E-state index contributed by atoms with van der Waals surface area (Å²) >= 11 is 0. The first-order valence-electron chi connectivity index (χ1n) is 8.16. The van der Waals surface area contributed by atoms with Crippen molar-refractivity contribution in [3.8, 4) is 5.75 Å². The maximum atomic E-state index is 12.1. The molecule has 2 rings (SSSR count). The summed E-state index contributed by atoms with van der Waals surface area (Å²) in [4.78, 5) is 23.6. The lowest BCUT2D eigenvalue weighted by atomic mass is 9.98. The van der Waals surface area contributed by atoms with Crippen LogP contribution in [0.3, 0.4) is 0 Å². The van der Waals surface area contributed by atoms with Crippen LogP contribution in [0.15, 0.2) is 48.5 Å². The molecule has 0 saturated carbocycles. The third kappa shape index (κ3) is 5.64. The van der Waals surface area contributed by atoms with E-state index in [1.165, 1.54) is 0 Å². The van der Waals surface area contributed by atoms with E-state index in [9.17, 15) is 14.7 Å². The Morgan fingerprint density at radius 1 is 1.12 bits per heavy atom. The van der Waals surface area contributed by atoms with E-state index in [1.807, 2.05) is 49.4 Å². The average Bonchev–Trinajstić information content (AvgIpc) is 2.60. The van der Waals surface area contributed by atoms with Crippen LogP contribution < -0.4 is 10.1 Å². The van der Waals surface area contributed by atoms with Crippen molar-refractivity contribution < 1.29 is 19.4 Å². The zero-order valence-corrected chi connectivity index (χ0v) is 14.5. The van der Waals surface area contributed by atoms with Gasteiger partial charge in [0.2, 0.25) is 5.91 Å². The number of methoxy groups -OCH3 is 1. The summed E-state index contributed by atoms with van der Waals surface area (Å²) in [6.07, 6.45) is 0.533. The Morgan fingerprint density at radius 2 is 1.80 bits per heavy atom. The normalized spacial score (nSPS) is 11.6. The number of carbonyl (C=O) groups excluding carboxylic acids is 1. The first kappa shape index (κ1) is 18.5. The van der Waals surface area contributed by atoms with E-state index >= 15 is 0 Å². The lowest BCUT2D eigenvalue weighted by Crippen LogP contribution is -2.35. The van der Waals surface area contributed by atoms with E-state index in [2.05, 4.69) is 5.32 Å². The van der Waals surface area contributed by atoms with Crippen LogP contribution in [0.1, 0.15) is 16.7 Å². The molecular weight excluding hydrogens is 318 g/mol. The molecule has 0 aliphatic heterocycles. The predicted molar refractivity (Wildman–Crippen MR) is 95.7 cm³/mol. The summed E-state index contributed by atoms with van der Waals surface area (Å²) in [5.74, 6) is -1.19. The summed E-state index contributed by atoms with van der Waals surface area (Å²) in [5.41, 5.74) is 2.84. The molecule has 0 aliphatic rings. The van der Waals surface area contributed by atoms with E-state index in [0.29, 0.717) is 12.2 Å². The maximum Gasteiger partial charge on any atom is 0.308 e. The standard InChI is InChI=1S/C20H23NO4/c1-14-7-9-15(10-8-14)11-19(22)21-13-17(20(23)24)12-16-5-3-4-6-18(16)25-2/h3-10,17H,11-13H2,1-2H3,(H,21,22)(H,23,24). The highest BCUT2D eigenvalue weighted by Gasteiger charge is 2.20. The molecule has 1 amide bonds. The molecule has 1 unspecified atom stereocenters. The minimum Gasteiger partial charge on any atom is -0.496 e. The van der Waals surface area contributed by atoms with Gasteiger partial charge in [-0.3, -0.25) is 9.59 Å². The number of aryl methyl sites for hydroxylation is 1. The van der Waals surface area contributed by atoms with Crippen LogP contribution in [-0.2, 0) is 22.4 Å². The molecule has 25 heavy (non-hydrogen) atoms. The van der Waals surface area contributed by atoms with Crippen molar-refractivity contribution in [2.75, 3.05) is 13.7 Å². The second-order valence-electron chi connectivity index (χ2n) is 6.02. The highest BCUT2D eigenvalue weighted by atomic mass is 16.5. The van der Waals surface area contributed by atoms with Crippen molar-refractivity contribution in [3.05, 3.63) is 65.2 Å². The molecule has 0 saturated heterocycles. The maximum absolute atomic E-state index is 12.1.